The third-order valence-electron chi connectivity index (χ3n) is 9.45. The van der Waals surface area contributed by atoms with Crippen LogP contribution in [0.4, 0.5) is 0 Å². The van der Waals surface area contributed by atoms with Crippen LogP contribution in [-0.2, 0) is 0 Å². The van der Waals surface area contributed by atoms with Crippen LogP contribution in [0.15, 0.2) is 174 Å². The molecule has 0 radical (unpaired) electrons. The van der Waals surface area contributed by atoms with Gasteiger partial charge in [0.15, 0.2) is 17.5 Å². The highest BCUT2D eigenvalue weighted by Gasteiger charge is 2.16. The van der Waals surface area contributed by atoms with Crippen LogP contribution in [0.3, 0.4) is 0 Å². The van der Waals surface area contributed by atoms with Crippen LogP contribution in [0, 0.1) is 0 Å². The van der Waals surface area contributed by atoms with Gasteiger partial charge in [-0.2, -0.15) is 0 Å². The molecule has 10 aromatic rings. The van der Waals surface area contributed by atoms with Crippen molar-refractivity contribution in [2.45, 2.75) is 0 Å². The van der Waals surface area contributed by atoms with E-state index < -0.39 is 0 Å². The van der Waals surface area contributed by atoms with Gasteiger partial charge < -0.3 is 8.98 Å². The molecule has 5 heteroatoms. The van der Waals surface area contributed by atoms with Gasteiger partial charge in [-0.05, 0) is 59.7 Å². The van der Waals surface area contributed by atoms with Gasteiger partial charge in [-0.3, -0.25) is 0 Å². The van der Waals surface area contributed by atoms with Gasteiger partial charge in [-0.25, -0.2) is 15.0 Å². The first-order chi connectivity index (χ1) is 24.8. The van der Waals surface area contributed by atoms with Crippen LogP contribution in [-0.4, -0.2) is 19.5 Å². The molecule has 0 amide bonds. The van der Waals surface area contributed by atoms with Crippen molar-refractivity contribution >= 4 is 43.7 Å². The molecule has 7 aromatic carbocycles. The summed E-state index contributed by atoms with van der Waals surface area (Å²) in [5, 5.41) is 4.62. The summed E-state index contributed by atoms with van der Waals surface area (Å²) in [6.45, 7) is 0. The minimum Gasteiger partial charge on any atom is -0.456 e. The Morgan fingerprint density at radius 1 is 0.340 bits per heavy atom. The molecule has 0 bridgehead atoms. The van der Waals surface area contributed by atoms with Crippen molar-refractivity contribution in [2.75, 3.05) is 0 Å². The van der Waals surface area contributed by atoms with Crippen LogP contribution in [0.25, 0.3) is 94.7 Å². The molecule has 50 heavy (non-hydrogen) atoms. The molecule has 0 fully saturated rings. The third kappa shape index (κ3) is 4.67. The first-order valence-electron chi connectivity index (χ1n) is 16.7. The maximum atomic E-state index is 6.22. The van der Waals surface area contributed by atoms with E-state index in [4.69, 9.17) is 19.4 Å². The van der Waals surface area contributed by atoms with Crippen LogP contribution in [0.1, 0.15) is 0 Å². The number of rotatable bonds is 5. The number of benzene rings is 7. The molecule has 5 nitrogen and oxygen atoms in total. The lowest BCUT2D eigenvalue weighted by Gasteiger charge is -2.11. The summed E-state index contributed by atoms with van der Waals surface area (Å²) in [5.41, 5.74) is 10.1. The van der Waals surface area contributed by atoms with E-state index in [0.29, 0.717) is 17.5 Å². The molecular weight excluding hydrogens is 613 g/mol. The van der Waals surface area contributed by atoms with Crippen LogP contribution >= 0.6 is 0 Å². The molecule has 0 saturated carbocycles. The second-order valence-corrected chi connectivity index (χ2v) is 12.5. The Labute approximate surface area is 287 Å². The molecule has 3 heterocycles. The molecule has 0 aliphatic rings. The lowest BCUT2D eigenvalue weighted by Crippen LogP contribution is -2.00. The number of furan rings is 1. The fourth-order valence-electron chi connectivity index (χ4n) is 7.06. The monoisotopic (exact) mass is 640 g/mol. The van der Waals surface area contributed by atoms with E-state index in [-0.39, 0.29) is 0 Å². The van der Waals surface area contributed by atoms with E-state index in [1.807, 2.05) is 54.6 Å². The first-order valence-corrected chi connectivity index (χ1v) is 16.7. The molecule has 0 atom stereocenters. The van der Waals surface area contributed by atoms with E-state index in [0.717, 1.165) is 61.0 Å². The Bertz CT molecular complexity index is 2870. The number of nitrogens with zero attached hydrogens (tertiary/aromatic N) is 4. The van der Waals surface area contributed by atoms with Gasteiger partial charge in [0.25, 0.3) is 0 Å². The van der Waals surface area contributed by atoms with Gasteiger partial charge >= 0.3 is 0 Å². The summed E-state index contributed by atoms with van der Waals surface area (Å²) in [5.74, 6) is 1.82. The van der Waals surface area contributed by atoms with E-state index in [2.05, 4.69) is 120 Å². The third-order valence-corrected chi connectivity index (χ3v) is 9.45. The van der Waals surface area contributed by atoms with Crippen molar-refractivity contribution < 1.29 is 4.42 Å². The van der Waals surface area contributed by atoms with Crippen molar-refractivity contribution in [3.05, 3.63) is 170 Å². The summed E-state index contributed by atoms with van der Waals surface area (Å²) in [7, 11) is 0. The first kappa shape index (κ1) is 28.2. The predicted octanol–water partition coefficient (Wildman–Crippen LogP) is 11.5. The summed E-state index contributed by atoms with van der Waals surface area (Å²) in [6, 6.07) is 58.7. The topological polar surface area (TPSA) is 56.7 Å². The lowest BCUT2D eigenvalue weighted by atomic mass is 10.0. The highest BCUT2D eigenvalue weighted by Crippen LogP contribution is 2.36. The molecule has 234 valence electrons. The maximum Gasteiger partial charge on any atom is 0.164 e. The molecule has 0 spiro atoms. The molecule has 10 rings (SSSR count). The Morgan fingerprint density at radius 2 is 0.880 bits per heavy atom. The number of hydrogen-bond acceptors (Lipinski definition) is 4. The van der Waals surface area contributed by atoms with Crippen molar-refractivity contribution in [3.63, 3.8) is 0 Å². The summed E-state index contributed by atoms with van der Waals surface area (Å²) < 4.78 is 8.57. The van der Waals surface area contributed by atoms with Gasteiger partial charge in [0.1, 0.15) is 11.2 Å². The lowest BCUT2D eigenvalue weighted by molar-refractivity contribution is 0.669. The number of hydrogen-bond donors (Lipinski definition) is 0. The number of fused-ring (bicyclic) bond motifs is 6. The quantitative estimate of drug-likeness (QED) is 0.188. The van der Waals surface area contributed by atoms with Gasteiger partial charge in [-0.15, -0.1) is 0 Å². The van der Waals surface area contributed by atoms with Crippen molar-refractivity contribution in [1.29, 1.82) is 0 Å². The summed E-state index contributed by atoms with van der Waals surface area (Å²) in [6.07, 6.45) is 0. The SMILES string of the molecule is c1ccc(-c2nc(-c3cccc(-c4ccc5c6ccccc6n(-c6ccccc6)c5c4)c3)nc(-c3ccc4c(c3)oc3ccccc34)n2)cc1. The van der Waals surface area contributed by atoms with Gasteiger partial charge in [-0.1, -0.05) is 121 Å². The highest BCUT2D eigenvalue weighted by atomic mass is 16.3. The van der Waals surface area contributed by atoms with Gasteiger partial charge in [0.2, 0.25) is 0 Å². The zero-order valence-electron chi connectivity index (χ0n) is 26.9. The predicted molar refractivity (Wildman–Crippen MR) is 203 cm³/mol. The van der Waals surface area contributed by atoms with Gasteiger partial charge in [0.05, 0.1) is 11.0 Å². The molecule has 0 aliphatic heterocycles. The van der Waals surface area contributed by atoms with E-state index >= 15 is 0 Å². The number of aromatic nitrogens is 4. The van der Waals surface area contributed by atoms with E-state index in [1.54, 1.807) is 0 Å². The summed E-state index contributed by atoms with van der Waals surface area (Å²) >= 11 is 0. The molecule has 0 unspecified atom stereocenters. The average Bonchev–Trinajstić information content (AvgIpc) is 3.73. The summed E-state index contributed by atoms with van der Waals surface area (Å²) in [4.78, 5) is 15.0. The second-order valence-electron chi connectivity index (χ2n) is 12.5. The largest absolute Gasteiger partial charge is 0.456 e. The molecule has 0 N–H and O–H groups in total. The standard InChI is InChI=1S/C45H28N4O/c1-3-12-29(13-4-1)43-46-44(48-45(47-43)33-23-25-38-37-19-8-10-21-41(37)50-42(38)28-33)32-15-11-14-30(26-32)31-22-24-36-35-18-7-9-20-39(35)49(40(36)27-31)34-16-5-2-6-17-34/h1-28H. The molecule has 3 aromatic heterocycles. The van der Waals surface area contributed by atoms with Crippen LogP contribution in [0.2, 0.25) is 0 Å². The van der Waals surface area contributed by atoms with Gasteiger partial charge in [0, 0.05) is 43.9 Å². The Balaban J connectivity index is 1.12. The minimum atomic E-state index is 0.593. The fourth-order valence-corrected chi connectivity index (χ4v) is 7.06. The van der Waals surface area contributed by atoms with Crippen molar-refractivity contribution in [2.24, 2.45) is 0 Å². The van der Waals surface area contributed by atoms with Crippen LogP contribution < -0.4 is 0 Å². The highest BCUT2D eigenvalue weighted by molar-refractivity contribution is 6.10. The zero-order valence-corrected chi connectivity index (χ0v) is 26.9. The average molecular weight is 641 g/mol. The molecule has 0 saturated heterocycles. The normalized spacial score (nSPS) is 11.6. The molecular formula is C45H28N4O. The number of para-hydroxylation sites is 3. The fraction of sp³-hybridized carbons (Fsp3) is 0. The Kier molecular flexibility index (Phi) is 6.42. The molecule has 0 aliphatic carbocycles. The second kappa shape index (κ2) is 11.4. The maximum absolute atomic E-state index is 6.22. The van der Waals surface area contributed by atoms with E-state index in [9.17, 15) is 0 Å². The zero-order chi connectivity index (χ0) is 33.0. The van der Waals surface area contributed by atoms with Crippen molar-refractivity contribution in [1.82, 2.24) is 19.5 Å². The Hall–Kier alpha value is -6.85. The Morgan fingerprint density at radius 3 is 1.70 bits per heavy atom. The van der Waals surface area contributed by atoms with Crippen LogP contribution in [0.5, 0.6) is 0 Å². The van der Waals surface area contributed by atoms with Crippen molar-refractivity contribution in [3.8, 4) is 51.0 Å². The minimum absolute atomic E-state index is 0.593. The van der Waals surface area contributed by atoms with E-state index in [1.165, 1.54) is 16.3 Å². The smallest absolute Gasteiger partial charge is 0.164 e.